The summed E-state index contributed by atoms with van der Waals surface area (Å²) in [5.74, 6) is -0.788. The van der Waals surface area contributed by atoms with Gasteiger partial charge in [0.05, 0.1) is 0 Å². The fourth-order valence-corrected chi connectivity index (χ4v) is 1.90. The van der Waals surface area contributed by atoms with Crippen LogP contribution in [-0.2, 0) is 4.79 Å². The molecular formula is C11H23N3O2. The van der Waals surface area contributed by atoms with E-state index < -0.39 is 12.0 Å². The predicted molar refractivity (Wildman–Crippen MR) is 62.6 cm³/mol. The van der Waals surface area contributed by atoms with Gasteiger partial charge in [0.1, 0.15) is 6.04 Å². The quantitative estimate of drug-likeness (QED) is 0.543. The van der Waals surface area contributed by atoms with Gasteiger partial charge in [-0.3, -0.25) is 4.79 Å². The molecule has 1 atom stereocenters. The molecule has 1 aliphatic rings. The first kappa shape index (κ1) is 13.4. The van der Waals surface area contributed by atoms with Gasteiger partial charge in [-0.15, -0.1) is 0 Å². The van der Waals surface area contributed by atoms with Gasteiger partial charge in [0.2, 0.25) is 0 Å². The van der Waals surface area contributed by atoms with Crippen LogP contribution in [0.2, 0.25) is 0 Å². The lowest BCUT2D eigenvalue weighted by atomic mass is 10.1. The molecule has 0 amide bonds. The summed E-state index contributed by atoms with van der Waals surface area (Å²) in [6.45, 7) is 0.874. The van der Waals surface area contributed by atoms with Gasteiger partial charge in [0, 0.05) is 6.54 Å². The van der Waals surface area contributed by atoms with E-state index in [4.69, 9.17) is 5.11 Å². The van der Waals surface area contributed by atoms with Crippen molar-refractivity contribution in [2.75, 3.05) is 6.54 Å². The molecule has 0 spiro atoms. The Kier molecular flexibility index (Phi) is 7.12. The summed E-state index contributed by atoms with van der Waals surface area (Å²) in [5, 5.41) is 8.97. The lowest BCUT2D eigenvalue weighted by Crippen LogP contribution is -2.51. The Bertz CT molecular complexity index is 186. The first-order chi connectivity index (χ1) is 7.80. The smallest absolute Gasteiger partial charge is 0.322 e. The number of rotatable bonds is 1. The number of hydrazine groups is 2. The minimum Gasteiger partial charge on any atom is -0.480 e. The molecule has 5 nitrogen and oxygen atoms in total. The zero-order valence-corrected chi connectivity index (χ0v) is 9.80. The number of aliphatic carboxylic acids is 1. The van der Waals surface area contributed by atoms with Crippen molar-refractivity contribution in [2.45, 2.75) is 57.4 Å². The molecule has 0 bridgehead atoms. The zero-order valence-electron chi connectivity index (χ0n) is 9.80. The molecule has 0 aromatic rings. The second-order valence-electron chi connectivity index (χ2n) is 4.35. The lowest BCUT2D eigenvalue weighted by molar-refractivity contribution is -0.140. The van der Waals surface area contributed by atoms with E-state index in [0.717, 1.165) is 25.8 Å². The highest BCUT2D eigenvalue weighted by molar-refractivity contribution is 5.73. The summed E-state index contributed by atoms with van der Waals surface area (Å²) in [6, 6.07) is -0.492. The first-order valence-corrected chi connectivity index (χ1v) is 6.27. The standard InChI is InChI=1S/C11H23N3O2/c15-11(16)10-8-6-4-2-1-3-5-7-9-12-14-13-10/h10,12-14H,1-9H2,(H,15,16). The maximum absolute atomic E-state index is 10.9. The van der Waals surface area contributed by atoms with E-state index in [1.165, 1.54) is 25.7 Å². The summed E-state index contributed by atoms with van der Waals surface area (Å²) >= 11 is 0. The molecule has 1 unspecified atom stereocenters. The van der Waals surface area contributed by atoms with Gasteiger partial charge in [0.15, 0.2) is 0 Å². The van der Waals surface area contributed by atoms with Crippen molar-refractivity contribution in [3.05, 3.63) is 0 Å². The van der Waals surface area contributed by atoms with Crippen LogP contribution in [0.5, 0.6) is 0 Å². The summed E-state index contributed by atoms with van der Waals surface area (Å²) < 4.78 is 0. The molecule has 1 rings (SSSR count). The van der Waals surface area contributed by atoms with Gasteiger partial charge in [-0.25, -0.2) is 10.9 Å². The third-order valence-electron chi connectivity index (χ3n) is 2.93. The van der Waals surface area contributed by atoms with Crippen molar-refractivity contribution in [2.24, 2.45) is 0 Å². The highest BCUT2D eigenvalue weighted by Crippen LogP contribution is 2.10. The summed E-state index contributed by atoms with van der Waals surface area (Å²) in [4.78, 5) is 10.9. The number of carbonyl (C=O) groups is 1. The Morgan fingerprint density at radius 1 is 1.00 bits per heavy atom. The van der Waals surface area contributed by atoms with Crippen LogP contribution in [0.1, 0.15) is 51.4 Å². The van der Waals surface area contributed by atoms with E-state index in [0.29, 0.717) is 6.42 Å². The molecule has 0 radical (unpaired) electrons. The zero-order chi connectivity index (χ0) is 11.6. The number of hydrogen-bond acceptors (Lipinski definition) is 4. The predicted octanol–water partition coefficient (Wildman–Crippen LogP) is 1.17. The molecule has 5 heteroatoms. The Balaban J connectivity index is 2.29. The molecule has 1 heterocycles. The van der Waals surface area contributed by atoms with Gasteiger partial charge in [-0.2, -0.15) is 5.53 Å². The largest absolute Gasteiger partial charge is 0.480 e. The van der Waals surface area contributed by atoms with Crippen LogP contribution in [0.25, 0.3) is 0 Å². The molecule has 1 fully saturated rings. The lowest BCUT2D eigenvalue weighted by Gasteiger charge is -2.15. The van der Waals surface area contributed by atoms with Gasteiger partial charge >= 0.3 is 5.97 Å². The van der Waals surface area contributed by atoms with Crippen molar-refractivity contribution < 1.29 is 9.90 Å². The molecule has 1 saturated heterocycles. The average molecular weight is 229 g/mol. The third-order valence-corrected chi connectivity index (χ3v) is 2.93. The van der Waals surface area contributed by atoms with E-state index >= 15 is 0 Å². The highest BCUT2D eigenvalue weighted by Gasteiger charge is 2.15. The maximum Gasteiger partial charge on any atom is 0.322 e. The average Bonchev–Trinajstić information content (AvgIpc) is 2.28. The fourth-order valence-electron chi connectivity index (χ4n) is 1.90. The Hall–Kier alpha value is -0.650. The van der Waals surface area contributed by atoms with E-state index in [1.54, 1.807) is 0 Å². The Labute approximate surface area is 96.9 Å². The maximum atomic E-state index is 10.9. The molecule has 0 aromatic carbocycles. The molecular weight excluding hydrogens is 206 g/mol. The first-order valence-electron chi connectivity index (χ1n) is 6.27. The molecule has 0 saturated carbocycles. The van der Waals surface area contributed by atoms with Crippen molar-refractivity contribution in [3.63, 3.8) is 0 Å². The number of nitrogens with one attached hydrogen (secondary N) is 3. The van der Waals surface area contributed by atoms with Crippen LogP contribution in [0.3, 0.4) is 0 Å². The summed E-state index contributed by atoms with van der Waals surface area (Å²) in [7, 11) is 0. The van der Waals surface area contributed by atoms with E-state index in [-0.39, 0.29) is 0 Å². The van der Waals surface area contributed by atoms with Gasteiger partial charge in [-0.05, 0) is 12.8 Å². The second-order valence-corrected chi connectivity index (χ2v) is 4.35. The van der Waals surface area contributed by atoms with E-state index in [1.807, 2.05) is 0 Å². The van der Waals surface area contributed by atoms with Crippen molar-refractivity contribution >= 4 is 5.97 Å². The molecule has 0 aliphatic carbocycles. The monoisotopic (exact) mass is 229 g/mol. The van der Waals surface area contributed by atoms with Gasteiger partial charge < -0.3 is 5.11 Å². The van der Waals surface area contributed by atoms with E-state index in [2.05, 4.69) is 16.4 Å². The topological polar surface area (TPSA) is 73.4 Å². The molecule has 0 aromatic heterocycles. The number of carboxylic acids is 1. The van der Waals surface area contributed by atoms with E-state index in [9.17, 15) is 4.79 Å². The fraction of sp³-hybridized carbons (Fsp3) is 0.909. The number of carboxylic acid groups (broad SMARTS) is 1. The normalized spacial score (nSPS) is 26.1. The SMILES string of the molecule is O=C(O)C1CCCCCCCCCNNN1. The van der Waals surface area contributed by atoms with Crippen molar-refractivity contribution in [1.82, 2.24) is 16.4 Å². The Morgan fingerprint density at radius 2 is 1.62 bits per heavy atom. The van der Waals surface area contributed by atoms with Crippen LogP contribution in [0, 0.1) is 0 Å². The summed E-state index contributed by atoms with van der Waals surface area (Å²) in [5.41, 5.74) is 8.55. The van der Waals surface area contributed by atoms with Gasteiger partial charge in [-0.1, -0.05) is 38.5 Å². The second kappa shape index (κ2) is 8.50. The van der Waals surface area contributed by atoms with Gasteiger partial charge in [0.25, 0.3) is 0 Å². The van der Waals surface area contributed by atoms with Crippen LogP contribution in [0.15, 0.2) is 0 Å². The van der Waals surface area contributed by atoms with Crippen LogP contribution in [-0.4, -0.2) is 23.7 Å². The number of hydrogen-bond donors (Lipinski definition) is 4. The van der Waals surface area contributed by atoms with Crippen LogP contribution >= 0.6 is 0 Å². The third kappa shape index (κ3) is 6.05. The van der Waals surface area contributed by atoms with Crippen LogP contribution < -0.4 is 16.4 Å². The molecule has 94 valence electrons. The highest BCUT2D eigenvalue weighted by atomic mass is 16.4. The van der Waals surface area contributed by atoms with Crippen molar-refractivity contribution in [1.29, 1.82) is 0 Å². The van der Waals surface area contributed by atoms with Crippen LogP contribution in [0.4, 0.5) is 0 Å². The van der Waals surface area contributed by atoms with Crippen molar-refractivity contribution in [3.8, 4) is 0 Å². The molecule has 16 heavy (non-hydrogen) atoms. The Morgan fingerprint density at radius 3 is 2.31 bits per heavy atom. The minimum absolute atomic E-state index is 0.492. The summed E-state index contributed by atoms with van der Waals surface area (Å²) in [6.07, 6.45) is 8.97. The molecule has 1 aliphatic heterocycles. The minimum atomic E-state index is -0.788. The molecule has 4 N–H and O–H groups in total.